The molecule has 0 saturated heterocycles. The van der Waals surface area contributed by atoms with Crippen LogP contribution in [0.3, 0.4) is 0 Å². The molecule has 0 heterocycles. The minimum atomic E-state index is -0.910. The molecule has 0 unspecified atom stereocenters. The average molecular weight is 378 g/mol. The molecule has 0 aliphatic rings. The van der Waals surface area contributed by atoms with Gasteiger partial charge in [-0.2, -0.15) is 0 Å². The van der Waals surface area contributed by atoms with Gasteiger partial charge in [-0.15, -0.1) is 0 Å². The van der Waals surface area contributed by atoms with Crippen LogP contribution in [-0.2, 0) is 38.0 Å². The van der Waals surface area contributed by atoms with E-state index >= 15 is 0 Å². The van der Waals surface area contributed by atoms with Crippen LogP contribution in [0.1, 0.15) is 33.6 Å². The highest BCUT2D eigenvalue weighted by Gasteiger charge is 2.28. The molecule has 0 spiro atoms. The molecule has 0 N–H and O–H groups in total. The van der Waals surface area contributed by atoms with E-state index in [1.807, 2.05) is 20.8 Å². The second-order valence-electron chi connectivity index (χ2n) is 5.29. The second kappa shape index (κ2) is 18.6. The lowest BCUT2D eigenvalue weighted by Crippen LogP contribution is -2.29. The molecule has 0 aliphatic heterocycles. The summed E-state index contributed by atoms with van der Waals surface area (Å²) in [6.45, 7) is 9.57. The van der Waals surface area contributed by atoms with Crippen molar-refractivity contribution in [3.63, 3.8) is 0 Å². The number of hydrogen-bond acceptors (Lipinski definition) is 8. The van der Waals surface area contributed by atoms with Crippen LogP contribution in [-0.4, -0.2) is 78.0 Å². The Hall–Kier alpha value is -1.22. The van der Waals surface area contributed by atoms with Crippen LogP contribution in [0.2, 0.25) is 0 Å². The van der Waals surface area contributed by atoms with Crippen molar-refractivity contribution in [2.24, 2.45) is 5.92 Å². The van der Waals surface area contributed by atoms with Crippen molar-refractivity contribution in [1.29, 1.82) is 0 Å². The molecule has 0 aromatic heterocycles. The van der Waals surface area contributed by atoms with Crippen LogP contribution in [0, 0.1) is 5.92 Å². The molecule has 0 aliphatic carbocycles. The number of carbonyl (C=O) groups is 2. The molecular weight excluding hydrogens is 344 g/mol. The van der Waals surface area contributed by atoms with Gasteiger partial charge in [0.25, 0.3) is 0 Å². The summed E-state index contributed by atoms with van der Waals surface area (Å²) in [5, 5.41) is 0. The van der Waals surface area contributed by atoms with E-state index in [1.165, 1.54) is 0 Å². The predicted octanol–water partition coefficient (Wildman–Crippen LogP) is 1.60. The number of rotatable bonds is 18. The van der Waals surface area contributed by atoms with Gasteiger partial charge in [0.2, 0.25) is 0 Å². The minimum absolute atomic E-state index is 0.0962. The van der Waals surface area contributed by atoms with Crippen molar-refractivity contribution in [2.45, 2.75) is 33.6 Å². The first-order valence-electron chi connectivity index (χ1n) is 9.31. The molecule has 0 rings (SSSR count). The number of esters is 2. The lowest BCUT2D eigenvalue weighted by Gasteiger charge is -2.15. The van der Waals surface area contributed by atoms with Gasteiger partial charge >= 0.3 is 11.9 Å². The molecule has 0 atom stereocenters. The highest BCUT2D eigenvalue weighted by Crippen LogP contribution is 2.11. The Bertz CT molecular complexity index is 318. The largest absolute Gasteiger partial charge is 0.463 e. The summed E-state index contributed by atoms with van der Waals surface area (Å²) in [4.78, 5) is 24.1. The zero-order valence-electron chi connectivity index (χ0n) is 16.3. The van der Waals surface area contributed by atoms with Gasteiger partial charge < -0.3 is 28.4 Å². The predicted molar refractivity (Wildman–Crippen MR) is 94.9 cm³/mol. The van der Waals surface area contributed by atoms with Gasteiger partial charge in [-0.1, -0.05) is 13.3 Å². The van der Waals surface area contributed by atoms with E-state index in [-0.39, 0.29) is 26.4 Å². The van der Waals surface area contributed by atoms with E-state index in [0.717, 1.165) is 0 Å². The van der Waals surface area contributed by atoms with Crippen LogP contribution in [0.4, 0.5) is 0 Å². The molecule has 0 amide bonds. The van der Waals surface area contributed by atoms with Crippen molar-refractivity contribution in [3.8, 4) is 0 Å². The molecule has 26 heavy (non-hydrogen) atoms. The standard InChI is InChI=1S/C18H34O8/c1-4-7-16(17(19)25-14-12-23-10-8-21-5-2)18(20)26-15-13-24-11-9-22-6-3/h16H,4-15H2,1-3H3. The number of ether oxygens (including phenoxy) is 6. The lowest BCUT2D eigenvalue weighted by molar-refractivity contribution is -0.164. The Morgan fingerprint density at radius 3 is 1.38 bits per heavy atom. The van der Waals surface area contributed by atoms with Crippen LogP contribution in [0.15, 0.2) is 0 Å². The molecule has 0 bridgehead atoms. The molecule has 0 aromatic rings. The smallest absolute Gasteiger partial charge is 0.320 e. The summed E-state index contributed by atoms with van der Waals surface area (Å²) in [5.74, 6) is -2.07. The summed E-state index contributed by atoms with van der Waals surface area (Å²) >= 11 is 0. The van der Waals surface area contributed by atoms with Gasteiger partial charge in [-0.05, 0) is 20.3 Å². The summed E-state index contributed by atoms with van der Waals surface area (Å²) < 4.78 is 31.0. The highest BCUT2D eigenvalue weighted by molar-refractivity contribution is 5.94. The fourth-order valence-corrected chi connectivity index (χ4v) is 1.95. The lowest BCUT2D eigenvalue weighted by atomic mass is 10.0. The molecule has 0 fully saturated rings. The summed E-state index contributed by atoms with van der Waals surface area (Å²) in [6.07, 6.45) is 1.05. The Morgan fingerprint density at radius 1 is 0.615 bits per heavy atom. The van der Waals surface area contributed by atoms with Crippen LogP contribution in [0.5, 0.6) is 0 Å². The van der Waals surface area contributed by atoms with E-state index in [2.05, 4.69) is 0 Å². The van der Waals surface area contributed by atoms with Gasteiger partial charge in [0.05, 0.1) is 39.6 Å². The highest BCUT2D eigenvalue weighted by atomic mass is 16.6. The fourth-order valence-electron chi connectivity index (χ4n) is 1.95. The van der Waals surface area contributed by atoms with Crippen LogP contribution >= 0.6 is 0 Å². The number of carbonyl (C=O) groups excluding carboxylic acids is 2. The van der Waals surface area contributed by atoms with E-state index in [9.17, 15) is 9.59 Å². The number of hydrogen-bond donors (Lipinski definition) is 0. The maximum atomic E-state index is 12.1. The van der Waals surface area contributed by atoms with E-state index in [1.54, 1.807) is 0 Å². The average Bonchev–Trinajstić information content (AvgIpc) is 2.64. The third-order valence-corrected chi connectivity index (χ3v) is 3.24. The molecule has 0 radical (unpaired) electrons. The summed E-state index contributed by atoms with van der Waals surface area (Å²) in [5.41, 5.74) is 0. The maximum Gasteiger partial charge on any atom is 0.320 e. The van der Waals surface area contributed by atoms with Gasteiger partial charge in [-0.3, -0.25) is 9.59 Å². The first-order valence-corrected chi connectivity index (χ1v) is 9.31. The summed E-state index contributed by atoms with van der Waals surface area (Å²) in [6, 6.07) is 0. The van der Waals surface area contributed by atoms with Crippen molar-refractivity contribution in [2.75, 3.05) is 66.1 Å². The minimum Gasteiger partial charge on any atom is -0.463 e. The Kier molecular flexibility index (Phi) is 17.7. The molecule has 154 valence electrons. The first kappa shape index (κ1) is 24.8. The van der Waals surface area contributed by atoms with Gasteiger partial charge in [0.15, 0.2) is 5.92 Å². The van der Waals surface area contributed by atoms with Crippen LogP contribution < -0.4 is 0 Å². The van der Waals surface area contributed by atoms with Crippen molar-refractivity contribution in [1.82, 2.24) is 0 Å². The topological polar surface area (TPSA) is 89.5 Å². The third kappa shape index (κ3) is 14.0. The first-order chi connectivity index (χ1) is 12.7. The monoisotopic (exact) mass is 378 g/mol. The van der Waals surface area contributed by atoms with Crippen molar-refractivity contribution in [3.05, 3.63) is 0 Å². The second-order valence-corrected chi connectivity index (χ2v) is 5.29. The maximum absolute atomic E-state index is 12.1. The molecule has 0 saturated carbocycles. The molecule has 0 aromatic carbocycles. The third-order valence-electron chi connectivity index (χ3n) is 3.24. The van der Waals surface area contributed by atoms with Crippen molar-refractivity contribution < 1.29 is 38.0 Å². The Labute approximate surface area is 156 Å². The van der Waals surface area contributed by atoms with Gasteiger partial charge in [0, 0.05) is 13.2 Å². The molecule has 8 heteroatoms. The Balaban J connectivity index is 3.92. The van der Waals surface area contributed by atoms with E-state index in [0.29, 0.717) is 52.5 Å². The molecule has 8 nitrogen and oxygen atoms in total. The quantitative estimate of drug-likeness (QED) is 0.202. The zero-order valence-corrected chi connectivity index (χ0v) is 16.3. The molecular formula is C18H34O8. The summed E-state index contributed by atoms with van der Waals surface area (Å²) in [7, 11) is 0. The van der Waals surface area contributed by atoms with Crippen molar-refractivity contribution >= 4 is 11.9 Å². The fraction of sp³-hybridized carbons (Fsp3) is 0.889. The van der Waals surface area contributed by atoms with E-state index in [4.69, 9.17) is 28.4 Å². The van der Waals surface area contributed by atoms with Gasteiger partial charge in [-0.25, -0.2) is 0 Å². The Morgan fingerprint density at radius 2 is 1.00 bits per heavy atom. The SMILES string of the molecule is CCCC(C(=O)OCCOCCOCC)C(=O)OCCOCCOCC. The normalized spacial score (nSPS) is 10.9. The van der Waals surface area contributed by atoms with Gasteiger partial charge in [0.1, 0.15) is 13.2 Å². The van der Waals surface area contributed by atoms with E-state index < -0.39 is 17.9 Å². The van der Waals surface area contributed by atoms with Crippen LogP contribution in [0.25, 0.3) is 0 Å². The zero-order chi connectivity index (χ0) is 19.5.